The zero-order valence-corrected chi connectivity index (χ0v) is 20.4. The van der Waals surface area contributed by atoms with Crippen LogP contribution in [0.25, 0.3) is 0 Å². The molecule has 4 fully saturated rings. The molecule has 34 heavy (non-hydrogen) atoms. The van der Waals surface area contributed by atoms with Gasteiger partial charge in [-0.15, -0.1) is 0 Å². The second kappa shape index (κ2) is 8.51. The molecule has 5 heteroatoms. The minimum absolute atomic E-state index is 0.0225. The Morgan fingerprint density at radius 2 is 1.85 bits per heavy atom. The number of benzene rings is 1. The second-order valence-corrected chi connectivity index (χ2v) is 12.0. The smallest absolute Gasteiger partial charge is 0.127 e. The maximum absolute atomic E-state index is 16.5. The maximum atomic E-state index is 16.5. The maximum Gasteiger partial charge on any atom is 0.127 e. The lowest BCUT2D eigenvalue weighted by molar-refractivity contribution is -0.163. The first-order valence-corrected chi connectivity index (χ1v) is 13.0. The molecule has 0 radical (unpaired) electrons. The Hall–Kier alpha value is -2.15. The van der Waals surface area contributed by atoms with E-state index in [1.165, 1.54) is 0 Å². The number of rotatable bonds is 4. The van der Waals surface area contributed by atoms with Crippen LogP contribution in [0, 0.1) is 46.3 Å². The fraction of sp³-hybridized carbons (Fsp3) is 0.690. The van der Waals surface area contributed by atoms with Gasteiger partial charge in [0.05, 0.1) is 22.8 Å². The molecule has 182 valence electrons. The molecule has 0 spiro atoms. The van der Waals surface area contributed by atoms with E-state index in [9.17, 15) is 9.90 Å². The van der Waals surface area contributed by atoms with Crippen molar-refractivity contribution in [1.82, 2.24) is 0 Å². The van der Waals surface area contributed by atoms with E-state index in [-0.39, 0.29) is 29.8 Å². The van der Waals surface area contributed by atoms with Crippen LogP contribution in [0.1, 0.15) is 77.2 Å². The normalized spacial score (nSPS) is 43.0. The number of fused-ring (bicyclic) bond motifs is 5. The van der Waals surface area contributed by atoms with Crippen molar-refractivity contribution in [2.75, 3.05) is 6.61 Å². The highest BCUT2D eigenvalue weighted by Gasteiger charge is 2.63. The molecule has 4 nitrogen and oxygen atoms in total. The molecule has 4 saturated carbocycles. The Bertz CT molecular complexity index is 1020. The fourth-order valence-corrected chi connectivity index (χ4v) is 8.54. The number of alkyl halides is 1. The minimum Gasteiger partial charge on any atom is -0.488 e. The van der Waals surface area contributed by atoms with Gasteiger partial charge in [-0.25, -0.2) is 9.18 Å². The van der Waals surface area contributed by atoms with Crippen LogP contribution in [0.5, 0.6) is 5.75 Å². The average molecular weight is 466 g/mol. The fourth-order valence-electron chi connectivity index (χ4n) is 8.54. The van der Waals surface area contributed by atoms with Gasteiger partial charge in [0.2, 0.25) is 0 Å². The van der Waals surface area contributed by atoms with Crippen molar-refractivity contribution < 1.29 is 19.0 Å². The van der Waals surface area contributed by atoms with Crippen LogP contribution >= 0.6 is 0 Å². The van der Waals surface area contributed by atoms with E-state index < -0.39 is 11.3 Å². The summed E-state index contributed by atoms with van der Waals surface area (Å²) in [4.78, 5) is 12.0. The van der Waals surface area contributed by atoms with Crippen molar-refractivity contribution in [3.05, 3.63) is 35.4 Å². The molecule has 4 aliphatic rings. The van der Waals surface area contributed by atoms with E-state index in [1.54, 1.807) is 24.3 Å². The number of nitriles is 1. The lowest BCUT2D eigenvalue weighted by Gasteiger charge is -2.59. The zero-order chi connectivity index (χ0) is 24.1. The third-order valence-corrected chi connectivity index (χ3v) is 10.2. The minimum atomic E-state index is -1.15. The van der Waals surface area contributed by atoms with E-state index in [0.717, 1.165) is 38.5 Å². The number of hydrogen-bond donors (Lipinski definition) is 1. The first-order chi connectivity index (χ1) is 16.2. The summed E-state index contributed by atoms with van der Waals surface area (Å²) in [5.41, 5.74) is -0.640. The number of ether oxygens (including phenoxy) is 1. The highest BCUT2D eigenvalue weighted by molar-refractivity contribution is 5.55. The number of carbonyl (C=O) groups excluding carboxylic acids is 1. The molecule has 0 bridgehead atoms. The Morgan fingerprint density at radius 1 is 1.09 bits per heavy atom. The molecule has 1 N–H and O–H groups in total. The van der Waals surface area contributed by atoms with Crippen LogP contribution < -0.4 is 4.74 Å². The topological polar surface area (TPSA) is 70.3 Å². The summed E-state index contributed by atoms with van der Waals surface area (Å²) < 4.78 is 22.5. The molecular formula is C29H36FNO3. The van der Waals surface area contributed by atoms with Crippen LogP contribution in [0.4, 0.5) is 4.39 Å². The zero-order valence-electron chi connectivity index (χ0n) is 20.4. The molecule has 1 aromatic rings. The summed E-state index contributed by atoms with van der Waals surface area (Å²) in [6, 6.07) is 9.03. The molecule has 5 rings (SSSR count). The van der Waals surface area contributed by atoms with Crippen LogP contribution in [-0.2, 0) is 4.79 Å². The monoisotopic (exact) mass is 465 g/mol. The lowest BCUT2D eigenvalue weighted by Crippen LogP contribution is -2.58. The Kier molecular flexibility index (Phi) is 5.90. The molecule has 0 amide bonds. The van der Waals surface area contributed by atoms with Crippen LogP contribution in [-0.4, -0.2) is 28.9 Å². The standard InChI is InChI=1S/C29H36FNO3/c1-27(33)13-14-29(30)21(15-27)5-8-23-25-10-9-24(28(25,2)12-11-26(23)29)20(17-32)18-34-22-6-3-19(16-31)4-7-22/h3-4,6-7,21,23-26,33H,5,8-15,18H2,1-2H3/t21-,23+,24-,25+,26+,27-,28-,29-/m1/s1. The van der Waals surface area contributed by atoms with E-state index in [4.69, 9.17) is 10.00 Å². The molecule has 0 saturated heterocycles. The summed E-state index contributed by atoms with van der Waals surface area (Å²) in [7, 11) is 0. The van der Waals surface area contributed by atoms with Crippen molar-refractivity contribution in [3.8, 4) is 11.8 Å². The molecule has 0 heterocycles. The molecule has 0 aliphatic heterocycles. The third kappa shape index (κ3) is 3.80. The van der Waals surface area contributed by atoms with E-state index in [2.05, 4.69) is 18.9 Å². The highest BCUT2D eigenvalue weighted by Crippen LogP contribution is 2.67. The van der Waals surface area contributed by atoms with Gasteiger partial charge in [-0.1, -0.05) is 6.92 Å². The van der Waals surface area contributed by atoms with E-state index >= 15 is 4.39 Å². The van der Waals surface area contributed by atoms with Gasteiger partial charge in [0.15, 0.2) is 0 Å². The average Bonchev–Trinajstić information content (AvgIpc) is 3.17. The quantitative estimate of drug-likeness (QED) is 0.570. The van der Waals surface area contributed by atoms with Crippen molar-refractivity contribution in [2.45, 2.75) is 82.9 Å². The van der Waals surface area contributed by atoms with Crippen molar-refractivity contribution in [1.29, 1.82) is 5.26 Å². The number of hydrogen-bond acceptors (Lipinski definition) is 4. The van der Waals surface area contributed by atoms with Gasteiger partial charge in [0.25, 0.3) is 0 Å². The third-order valence-electron chi connectivity index (χ3n) is 10.2. The predicted octanol–water partition coefficient (Wildman–Crippen LogP) is 5.81. The summed E-state index contributed by atoms with van der Waals surface area (Å²) in [6.07, 6.45) is 7.28. The summed E-state index contributed by atoms with van der Waals surface area (Å²) >= 11 is 0. The molecule has 0 unspecified atom stereocenters. The van der Waals surface area contributed by atoms with Crippen LogP contribution in [0.3, 0.4) is 0 Å². The van der Waals surface area contributed by atoms with E-state index in [1.807, 2.05) is 6.92 Å². The first-order valence-electron chi connectivity index (χ1n) is 13.0. The largest absolute Gasteiger partial charge is 0.488 e. The Labute approximate surface area is 202 Å². The van der Waals surface area contributed by atoms with Crippen molar-refractivity contribution >= 4 is 5.94 Å². The van der Waals surface area contributed by atoms with Crippen molar-refractivity contribution in [2.24, 2.45) is 35.0 Å². The summed E-state index contributed by atoms with van der Waals surface area (Å²) in [6.45, 7) is 4.39. The van der Waals surface area contributed by atoms with Crippen LogP contribution in [0.15, 0.2) is 29.8 Å². The summed E-state index contributed by atoms with van der Waals surface area (Å²) in [5.74, 6) is 3.82. The Morgan fingerprint density at radius 3 is 2.56 bits per heavy atom. The lowest BCUT2D eigenvalue weighted by atomic mass is 9.47. The van der Waals surface area contributed by atoms with Gasteiger partial charge in [-0.2, -0.15) is 5.26 Å². The van der Waals surface area contributed by atoms with E-state index in [0.29, 0.717) is 48.0 Å². The predicted molar refractivity (Wildman–Crippen MR) is 127 cm³/mol. The second-order valence-electron chi connectivity index (χ2n) is 12.0. The van der Waals surface area contributed by atoms with Gasteiger partial charge in [-0.3, -0.25) is 0 Å². The van der Waals surface area contributed by atoms with Gasteiger partial charge in [0, 0.05) is 0 Å². The van der Waals surface area contributed by atoms with Gasteiger partial charge < -0.3 is 9.84 Å². The number of halogens is 1. The summed E-state index contributed by atoms with van der Waals surface area (Å²) in [5, 5.41) is 19.5. The molecule has 8 atom stereocenters. The highest BCUT2D eigenvalue weighted by atomic mass is 19.1. The first kappa shape index (κ1) is 23.6. The van der Waals surface area contributed by atoms with Gasteiger partial charge in [0.1, 0.15) is 24.0 Å². The van der Waals surface area contributed by atoms with Crippen LogP contribution in [0.2, 0.25) is 0 Å². The molecular weight excluding hydrogens is 429 g/mol. The Balaban J connectivity index is 1.31. The van der Waals surface area contributed by atoms with Gasteiger partial charge in [-0.05, 0) is 124 Å². The SMILES string of the molecule is C[C@@]1(O)CC[C@@]2(F)[C@H](CC[C@H]3[C@@H]4CC[C@H](C(=C=O)COc5ccc(C#N)cc5)[C@@]4(C)CC[C@@H]32)C1. The number of aliphatic hydroxyl groups is 1. The molecule has 0 aromatic heterocycles. The van der Waals surface area contributed by atoms with Gasteiger partial charge >= 0.3 is 0 Å². The molecule has 4 aliphatic carbocycles. The molecule has 1 aromatic carbocycles. The van der Waals surface area contributed by atoms with Crippen molar-refractivity contribution in [3.63, 3.8) is 0 Å². The number of nitrogens with zero attached hydrogens (tertiary/aromatic N) is 1.